The molecule has 7 heteroatoms. The SMILES string of the molecule is CCc1cccc(CC)c1NC(=O)c1cc(S(=O)(=O)N(C)c2ccccc2)ccc1Cl. The lowest BCUT2D eigenvalue weighted by atomic mass is 10.0. The van der Waals surface area contributed by atoms with Gasteiger partial charge in [-0.2, -0.15) is 0 Å². The molecular weight excluding hydrogens is 432 g/mol. The van der Waals surface area contributed by atoms with Crippen molar-refractivity contribution in [3.8, 4) is 0 Å². The first-order valence-electron chi connectivity index (χ1n) is 10.0. The number of sulfonamides is 1. The fourth-order valence-electron chi connectivity index (χ4n) is 3.36. The number of amides is 1. The lowest BCUT2D eigenvalue weighted by Gasteiger charge is -2.20. The van der Waals surface area contributed by atoms with Crippen LogP contribution in [0.3, 0.4) is 0 Å². The zero-order valence-corrected chi connectivity index (χ0v) is 19.3. The van der Waals surface area contributed by atoms with Crippen molar-refractivity contribution in [3.63, 3.8) is 0 Å². The molecule has 162 valence electrons. The van der Waals surface area contributed by atoms with Gasteiger partial charge in [-0.15, -0.1) is 0 Å². The maximum absolute atomic E-state index is 13.1. The van der Waals surface area contributed by atoms with Crippen molar-refractivity contribution >= 4 is 38.9 Å². The van der Waals surface area contributed by atoms with E-state index in [1.165, 1.54) is 29.6 Å². The number of nitrogens with one attached hydrogen (secondary N) is 1. The van der Waals surface area contributed by atoms with Crippen molar-refractivity contribution in [2.75, 3.05) is 16.7 Å². The average Bonchev–Trinajstić information content (AvgIpc) is 2.79. The molecule has 0 saturated heterocycles. The van der Waals surface area contributed by atoms with Gasteiger partial charge in [0.1, 0.15) is 0 Å². The van der Waals surface area contributed by atoms with Crippen LogP contribution in [0.25, 0.3) is 0 Å². The third-order valence-electron chi connectivity index (χ3n) is 5.20. The fraction of sp³-hybridized carbons (Fsp3) is 0.208. The van der Waals surface area contributed by atoms with Gasteiger partial charge in [-0.05, 0) is 54.3 Å². The number of anilines is 2. The zero-order valence-electron chi connectivity index (χ0n) is 17.7. The number of carbonyl (C=O) groups is 1. The molecule has 1 N–H and O–H groups in total. The second kappa shape index (κ2) is 9.54. The van der Waals surface area contributed by atoms with Crippen molar-refractivity contribution in [1.82, 2.24) is 0 Å². The number of aryl methyl sites for hydroxylation is 2. The number of hydrogen-bond donors (Lipinski definition) is 1. The second-order valence-corrected chi connectivity index (χ2v) is 9.44. The summed E-state index contributed by atoms with van der Waals surface area (Å²) < 4.78 is 27.4. The Morgan fingerprint density at radius 3 is 2.13 bits per heavy atom. The van der Waals surface area contributed by atoms with Crippen LogP contribution in [0.1, 0.15) is 35.3 Å². The van der Waals surface area contributed by atoms with E-state index in [4.69, 9.17) is 11.6 Å². The largest absolute Gasteiger partial charge is 0.321 e. The molecule has 0 spiro atoms. The van der Waals surface area contributed by atoms with Gasteiger partial charge in [-0.3, -0.25) is 9.10 Å². The van der Waals surface area contributed by atoms with Crippen molar-refractivity contribution in [2.24, 2.45) is 0 Å². The lowest BCUT2D eigenvalue weighted by Crippen LogP contribution is -2.27. The Morgan fingerprint density at radius 2 is 1.55 bits per heavy atom. The summed E-state index contributed by atoms with van der Waals surface area (Å²) >= 11 is 6.28. The summed E-state index contributed by atoms with van der Waals surface area (Å²) in [5, 5.41) is 3.13. The minimum Gasteiger partial charge on any atom is -0.321 e. The topological polar surface area (TPSA) is 66.5 Å². The Morgan fingerprint density at radius 1 is 0.935 bits per heavy atom. The number of carbonyl (C=O) groups excluding carboxylic acids is 1. The smallest absolute Gasteiger partial charge is 0.264 e. The van der Waals surface area contributed by atoms with Gasteiger partial charge in [0.15, 0.2) is 0 Å². The molecule has 3 aromatic rings. The molecule has 0 atom stereocenters. The first-order valence-corrected chi connectivity index (χ1v) is 11.9. The molecule has 0 bridgehead atoms. The Labute approximate surface area is 188 Å². The monoisotopic (exact) mass is 456 g/mol. The van der Waals surface area contributed by atoms with Crippen LogP contribution in [0.15, 0.2) is 71.6 Å². The van der Waals surface area contributed by atoms with E-state index in [2.05, 4.69) is 5.32 Å². The molecule has 1 amide bonds. The van der Waals surface area contributed by atoms with Crippen molar-refractivity contribution in [2.45, 2.75) is 31.6 Å². The average molecular weight is 457 g/mol. The van der Waals surface area contributed by atoms with Crippen LogP contribution in [0.4, 0.5) is 11.4 Å². The highest BCUT2D eigenvalue weighted by molar-refractivity contribution is 7.92. The summed E-state index contributed by atoms with van der Waals surface area (Å²) in [7, 11) is -2.39. The predicted octanol–water partition coefficient (Wildman–Crippen LogP) is 5.54. The number of nitrogens with zero attached hydrogens (tertiary/aromatic N) is 1. The summed E-state index contributed by atoms with van der Waals surface area (Å²) in [6.07, 6.45) is 1.51. The molecule has 0 aliphatic rings. The van der Waals surface area contributed by atoms with Gasteiger partial charge >= 0.3 is 0 Å². The molecule has 0 aliphatic heterocycles. The van der Waals surface area contributed by atoms with Crippen LogP contribution in [-0.4, -0.2) is 21.4 Å². The third-order valence-corrected chi connectivity index (χ3v) is 7.31. The van der Waals surface area contributed by atoms with Crippen LogP contribution < -0.4 is 9.62 Å². The Kier molecular flexibility index (Phi) is 7.03. The molecule has 5 nitrogen and oxygen atoms in total. The zero-order chi connectivity index (χ0) is 22.6. The summed E-state index contributed by atoms with van der Waals surface area (Å²) in [6.45, 7) is 4.04. The van der Waals surface area contributed by atoms with Crippen LogP contribution in [0.2, 0.25) is 5.02 Å². The van der Waals surface area contributed by atoms with Crippen molar-refractivity contribution < 1.29 is 13.2 Å². The predicted molar refractivity (Wildman–Crippen MR) is 127 cm³/mol. The fourth-order valence-corrected chi connectivity index (χ4v) is 4.78. The van der Waals surface area contributed by atoms with Crippen molar-refractivity contribution in [1.29, 1.82) is 0 Å². The van der Waals surface area contributed by atoms with Gasteiger partial charge in [0.05, 0.1) is 21.2 Å². The van der Waals surface area contributed by atoms with Crippen molar-refractivity contribution in [3.05, 3.63) is 88.4 Å². The molecule has 0 aliphatic carbocycles. The Hall–Kier alpha value is -2.83. The lowest BCUT2D eigenvalue weighted by molar-refractivity contribution is 0.102. The highest BCUT2D eigenvalue weighted by atomic mass is 35.5. The van der Waals surface area contributed by atoms with Crippen LogP contribution in [-0.2, 0) is 22.9 Å². The maximum Gasteiger partial charge on any atom is 0.264 e. The Bertz CT molecular complexity index is 1170. The van der Waals surface area contributed by atoms with E-state index in [-0.39, 0.29) is 15.5 Å². The molecule has 31 heavy (non-hydrogen) atoms. The number of benzene rings is 3. The molecule has 3 rings (SSSR count). The number of hydrogen-bond acceptors (Lipinski definition) is 3. The van der Waals surface area contributed by atoms with Gasteiger partial charge in [0.25, 0.3) is 15.9 Å². The highest BCUT2D eigenvalue weighted by Gasteiger charge is 2.24. The van der Waals surface area contributed by atoms with E-state index >= 15 is 0 Å². The second-order valence-electron chi connectivity index (χ2n) is 7.06. The Balaban J connectivity index is 1.98. The molecular formula is C24H25ClN2O3S. The standard InChI is InChI=1S/C24H25ClN2O3S/c1-4-17-10-9-11-18(5-2)23(17)26-24(28)21-16-20(14-15-22(21)25)31(29,30)27(3)19-12-7-6-8-13-19/h6-16H,4-5H2,1-3H3,(H,26,28). The molecule has 0 saturated carbocycles. The third kappa shape index (κ3) is 4.75. The number of para-hydroxylation sites is 2. The van der Waals surface area contributed by atoms with E-state index in [0.717, 1.165) is 29.7 Å². The van der Waals surface area contributed by atoms with E-state index < -0.39 is 15.9 Å². The summed E-state index contributed by atoms with van der Waals surface area (Å²) in [5.41, 5.74) is 3.40. The quantitative estimate of drug-likeness (QED) is 0.507. The summed E-state index contributed by atoms with van der Waals surface area (Å²) in [6, 6.07) is 18.8. The van der Waals surface area contributed by atoms with Gasteiger partial charge in [0, 0.05) is 12.7 Å². The number of rotatable bonds is 7. The van der Waals surface area contributed by atoms with Gasteiger partial charge in [-0.25, -0.2) is 8.42 Å². The first kappa shape index (κ1) is 22.8. The molecule has 0 fully saturated rings. The van der Waals surface area contributed by atoms with E-state index in [1.807, 2.05) is 38.1 Å². The molecule has 0 aromatic heterocycles. The summed E-state index contributed by atoms with van der Waals surface area (Å²) in [5.74, 6) is -0.444. The van der Waals surface area contributed by atoms with Gasteiger partial charge < -0.3 is 5.32 Å². The van der Waals surface area contributed by atoms with Gasteiger partial charge in [0.2, 0.25) is 0 Å². The van der Waals surface area contributed by atoms with Crippen LogP contribution in [0, 0.1) is 0 Å². The van der Waals surface area contributed by atoms with E-state index in [9.17, 15) is 13.2 Å². The minimum atomic E-state index is -3.87. The molecule has 3 aromatic carbocycles. The maximum atomic E-state index is 13.1. The van der Waals surface area contributed by atoms with E-state index in [0.29, 0.717) is 5.69 Å². The minimum absolute atomic E-state index is 0.00658. The normalized spacial score (nSPS) is 11.2. The van der Waals surface area contributed by atoms with Crippen LogP contribution >= 0.6 is 11.6 Å². The van der Waals surface area contributed by atoms with Crippen LogP contribution in [0.5, 0.6) is 0 Å². The molecule has 0 unspecified atom stereocenters. The number of halogens is 1. The van der Waals surface area contributed by atoms with Gasteiger partial charge in [-0.1, -0.05) is 61.8 Å². The summed E-state index contributed by atoms with van der Waals surface area (Å²) in [4.78, 5) is 13.1. The molecule has 0 radical (unpaired) electrons. The highest BCUT2D eigenvalue weighted by Crippen LogP contribution is 2.28. The first-order chi connectivity index (χ1) is 14.8. The van der Waals surface area contributed by atoms with E-state index in [1.54, 1.807) is 24.3 Å². The molecule has 0 heterocycles.